The number of rotatable bonds is 3. The molecule has 1 aromatic heterocycles. The van der Waals surface area contributed by atoms with Gasteiger partial charge in [-0.05, 0) is 30.3 Å². The summed E-state index contributed by atoms with van der Waals surface area (Å²) in [5.74, 6) is -1.04. The fourth-order valence-electron chi connectivity index (χ4n) is 1.42. The largest absolute Gasteiger partial charge is 0.478 e. The van der Waals surface area contributed by atoms with Gasteiger partial charge in [0.2, 0.25) is 0 Å². The molecular formula is C13H7BrN2O2S. The van der Waals surface area contributed by atoms with Crippen LogP contribution in [0.5, 0.6) is 0 Å². The highest BCUT2D eigenvalue weighted by molar-refractivity contribution is 9.10. The van der Waals surface area contributed by atoms with E-state index in [2.05, 4.69) is 27.0 Å². The van der Waals surface area contributed by atoms with Crippen LogP contribution in [0.2, 0.25) is 0 Å². The number of carbonyl (C=O) groups is 1. The molecule has 0 aliphatic carbocycles. The Morgan fingerprint density at radius 2 is 2.21 bits per heavy atom. The lowest BCUT2D eigenvalue weighted by molar-refractivity contribution is 0.0692. The number of nitriles is 1. The van der Waals surface area contributed by atoms with E-state index in [1.807, 2.05) is 0 Å². The number of aromatic carboxylic acids is 1. The summed E-state index contributed by atoms with van der Waals surface area (Å²) in [6.07, 6.45) is 1.53. The predicted octanol–water partition coefficient (Wildman–Crippen LogP) is 3.57. The van der Waals surface area contributed by atoms with Gasteiger partial charge in [-0.1, -0.05) is 27.7 Å². The summed E-state index contributed by atoms with van der Waals surface area (Å²) < 4.78 is 0.799. The van der Waals surface area contributed by atoms with Gasteiger partial charge in [0.25, 0.3) is 0 Å². The quantitative estimate of drug-likeness (QED) is 0.928. The summed E-state index contributed by atoms with van der Waals surface area (Å²) in [6, 6.07) is 10.4. The monoisotopic (exact) mass is 334 g/mol. The molecule has 0 radical (unpaired) electrons. The van der Waals surface area contributed by atoms with E-state index >= 15 is 0 Å². The number of carboxylic acids is 1. The fourth-order valence-corrected chi connectivity index (χ4v) is 2.72. The van der Waals surface area contributed by atoms with Crippen LogP contribution < -0.4 is 0 Å². The van der Waals surface area contributed by atoms with Crippen molar-refractivity contribution in [3.63, 3.8) is 0 Å². The number of aromatic nitrogens is 1. The van der Waals surface area contributed by atoms with Gasteiger partial charge < -0.3 is 5.11 Å². The third-order valence-electron chi connectivity index (χ3n) is 2.27. The molecule has 19 heavy (non-hydrogen) atoms. The zero-order valence-electron chi connectivity index (χ0n) is 9.50. The molecular weight excluding hydrogens is 328 g/mol. The van der Waals surface area contributed by atoms with Crippen molar-refractivity contribution in [2.24, 2.45) is 0 Å². The number of hydrogen-bond acceptors (Lipinski definition) is 4. The van der Waals surface area contributed by atoms with Crippen molar-refractivity contribution in [3.05, 3.63) is 52.1 Å². The Morgan fingerprint density at radius 1 is 1.42 bits per heavy atom. The van der Waals surface area contributed by atoms with Crippen molar-refractivity contribution < 1.29 is 9.90 Å². The average Bonchev–Trinajstić information content (AvgIpc) is 2.41. The van der Waals surface area contributed by atoms with Crippen molar-refractivity contribution in [2.45, 2.75) is 9.92 Å². The summed E-state index contributed by atoms with van der Waals surface area (Å²) in [5.41, 5.74) is 0.598. The van der Waals surface area contributed by atoms with E-state index in [1.54, 1.807) is 24.3 Å². The van der Waals surface area contributed by atoms with Crippen molar-refractivity contribution in [2.75, 3.05) is 0 Å². The molecule has 0 unspecified atom stereocenters. The maximum absolute atomic E-state index is 11.1. The molecule has 0 bridgehead atoms. The molecule has 1 N–H and O–H groups in total. The number of pyridine rings is 1. The second-order valence-corrected chi connectivity index (χ2v) is 5.46. The number of hydrogen-bond donors (Lipinski definition) is 1. The second kappa shape index (κ2) is 5.87. The molecule has 0 saturated carbocycles. The van der Waals surface area contributed by atoms with Crippen LogP contribution in [-0.2, 0) is 0 Å². The Hall–Kier alpha value is -1.84. The number of halogens is 1. The first kappa shape index (κ1) is 13.6. The predicted molar refractivity (Wildman–Crippen MR) is 74.2 cm³/mol. The first-order valence-corrected chi connectivity index (χ1v) is 6.78. The number of benzene rings is 1. The fraction of sp³-hybridized carbons (Fsp3) is 0. The van der Waals surface area contributed by atoms with E-state index in [9.17, 15) is 4.79 Å². The van der Waals surface area contributed by atoms with E-state index in [0.717, 1.165) is 4.47 Å². The van der Waals surface area contributed by atoms with Gasteiger partial charge in [0.15, 0.2) is 0 Å². The molecule has 0 amide bonds. The van der Waals surface area contributed by atoms with E-state index in [4.69, 9.17) is 10.4 Å². The summed E-state index contributed by atoms with van der Waals surface area (Å²) in [7, 11) is 0. The van der Waals surface area contributed by atoms with E-state index in [1.165, 1.54) is 24.0 Å². The second-order valence-electron chi connectivity index (χ2n) is 3.52. The standard InChI is InChI=1S/C13H7BrN2O2S/c14-9-3-4-11(8(6-9)7-15)19-12-10(13(17)18)2-1-5-16-12/h1-6H,(H,17,18). The van der Waals surface area contributed by atoms with Crippen LogP contribution in [0.3, 0.4) is 0 Å². The van der Waals surface area contributed by atoms with Crippen LogP contribution in [0, 0.1) is 11.3 Å². The molecule has 0 aliphatic rings. The maximum Gasteiger partial charge on any atom is 0.338 e. The first-order valence-electron chi connectivity index (χ1n) is 5.17. The molecule has 1 heterocycles. The highest BCUT2D eigenvalue weighted by atomic mass is 79.9. The lowest BCUT2D eigenvalue weighted by atomic mass is 10.2. The molecule has 4 nitrogen and oxygen atoms in total. The Kier molecular flexibility index (Phi) is 4.20. The van der Waals surface area contributed by atoms with E-state index in [0.29, 0.717) is 15.5 Å². The van der Waals surface area contributed by atoms with Crippen LogP contribution in [0.15, 0.2) is 50.9 Å². The minimum absolute atomic E-state index is 0.124. The van der Waals surface area contributed by atoms with E-state index < -0.39 is 5.97 Å². The summed E-state index contributed by atoms with van der Waals surface area (Å²) in [6.45, 7) is 0. The van der Waals surface area contributed by atoms with Gasteiger partial charge >= 0.3 is 5.97 Å². The van der Waals surface area contributed by atoms with Gasteiger partial charge in [-0.2, -0.15) is 5.26 Å². The van der Waals surface area contributed by atoms with Crippen LogP contribution in [0.1, 0.15) is 15.9 Å². The van der Waals surface area contributed by atoms with Gasteiger partial charge in [0.05, 0.1) is 11.1 Å². The molecule has 0 atom stereocenters. The Morgan fingerprint density at radius 3 is 2.89 bits per heavy atom. The zero-order chi connectivity index (χ0) is 13.8. The van der Waals surface area contributed by atoms with Crippen LogP contribution in [0.4, 0.5) is 0 Å². The topological polar surface area (TPSA) is 74.0 Å². The van der Waals surface area contributed by atoms with Crippen LogP contribution in [-0.4, -0.2) is 16.1 Å². The molecule has 2 rings (SSSR count). The minimum Gasteiger partial charge on any atom is -0.478 e. The smallest absolute Gasteiger partial charge is 0.338 e. The lowest BCUT2D eigenvalue weighted by Crippen LogP contribution is -2.00. The highest BCUT2D eigenvalue weighted by Crippen LogP contribution is 2.32. The van der Waals surface area contributed by atoms with Gasteiger partial charge in [0.1, 0.15) is 11.1 Å². The number of nitrogens with zero attached hydrogens (tertiary/aromatic N) is 2. The van der Waals surface area contributed by atoms with E-state index in [-0.39, 0.29) is 5.56 Å². The van der Waals surface area contributed by atoms with Crippen molar-refractivity contribution >= 4 is 33.7 Å². The van der Waals surface area contributed by atoms with Crippen molar-refractivity contribution in [3.8, 4) is 6.07 Å². The number of carboxylic acid groups (broad SMARTS) is 1. The normalized spacial score (nSPS) is 9.89. The van der Waals surface area contributed by atoms with Crippen LogP contribution in [0.25, 0.3) is 0 Å². The molecule has 0 aliphatic heterocycles. The summed E-state index contributed by atoms with van der Waals surface area (Å²) in [5, 5.41) is 18.5. The Bertz CT molecular complexity index is 683. The third kappa shape index (κ3) is 3.13. The van der Waals surface area contributed by atoms with Crippen molar-refractivity contribution in [1.29, 1.82) is 5.26 Å². The van der Waals surface area contributed by atoms with Gasteiger partial charge in [-0.3, -0.25) is 0 Å². The molecule has 0 spiro atoms. The Labute approximate surface area is 122 Å². The van der Waals surface area contributed by atoms with Gasteiger partial charge in [-0.15, -0.1) is 0 Å². The minimum atomic E-state index is -1.04. The maximum atomic E-state index is 11.1. The first-order chi connectivity index (χ1) is 9.11. The summed E-state index contributed by atoms with van der Waals surface area (Å²) >= 11 is 4.46. The van der Waals surface area contributed by atoms with Gasteiger partial charge in [0, 0.05) is 15.6 Å². The van der Waals surface area contributed by atoms with Gasteiger partial charge in [-0.25, -0.2) is 9.78 Å². The van der Waals surface area contributed by atoms with Crippen LogP contribution >= 0.6 is 27.7 Å². The average molecular weight is 335 g/mol. The lowest BCUT2D eigenvalue weighted by Gasteiger charge is -2.06. The molecule has 94 valence electrons. The highest BCUT2D eigenvalue weighted by Gasteiger charge is 2.13. The third-order valence-corrected chi connectivity index (χ3v) is 3.86. The molecule has 2 aromatic rings. The molecule has 0 fully saturated rings. The SMILES string of the molecule is N#Cc1cc(Br)ccc1Sc1ncccc1C(=O)O. The summed E-state index contributed by atoms with van der Waals surface area (Å²) in [4.78, 5) is 15.8. The molecule has 1 aromatic carbocycles. The zero-order valence-corrected chi connectivity index (χ0v) is 11.9. The van der Waals surface area contributed by atoms with Crippen molar-refractivity contribution in [1.82, 2.24) is 4.98 Å². The molecule has 0 saturated heterocycles. The Balaban J connectivity index is 2.43. The molecule has 6 heteroatoms.